The molecule has 0 aliphatic carbocycles. The van der Waals surface area contributed by atoms with Gasteiger partial charge in [-0.2, -0.15) is 5.10 Å². The summed E-state index contributed by atoms with van der Waals surface area (Å²) in [4.78, 5) is 12.2. The largest absolute Gasteiger partial charge is 0.294 e. The number of unbranched alkanes of at least 4 members (excludes halogenated alkanes) is 7. The third-order valence-electron chi connectivity index (χ3n) is 4.05. The molecule has 0 saturated carbocycles. The Morgan fingerprint density at radius 3 is 2.05 bits per heavy atom. The van der Waals surface area contributed by atoms with E-state index in [-0.39, 0.29) is 5.78 Å². The van der Waals surface area contributed by atoms with Crippen molar-refractivity contribution in [3.05, 3.63) is 17.0 Å². The van der Waals surface area contributed by atoms with Crippen LogP contribution in [0.4, 0.5) is 0 Å². The average molecular weight is 278 g/mol. The van der Waals surface area contributed by atoms with Gasteiger partial charge in [-0.3, -0.25) is 9.48 Å². The van der Waals surface area contributed by atoms with Crippen molar-refractivity contribution in [2.45, 2.75) is 78.6 Å². The van der Waals surface area contributed by atoms with E-state index in [0.29, 0.717) is 6.42 Å². The quantitative estimate of drug-likeness (QED) is 0.457. The van der Waals surface area contributed by atoms with Crippen LogP contribution in [0, 0.1) is 13.8 Å². The van der Waals surface area contributed by atoms with Crippen molar-refractivity contribution < 1.29 is 4.79 Å². The zero-order valence-corrected chi connectivity index (χ0v) is 13.7. The first kappa shape index (κ1) is 16.9. The van der Waals surface area contributed by atoms with Gasteiger partial charge in [0.25, 0.3) is 0 Å². The molecule has 0 fully saturated rings. The van der Waals surface area contributed by atoms with Crippen LogP contribution in [0.5, 0.6) is 0 Å². The molecule has 0 spiro atoms. The maximum atomic E-state index is 12.2. The van der Waals surface area contributed by atoms with Crippen LogP contribution in [0.2, 0.25) is 0 Å². The van der Waals surface area contributed by atoms with E-state index in [1.807, 2.05) is 20.9 Å². The molecule has 0 aromatic carbocycles. The molecule has 3 heteroatoms. The molecule has 114 valence electrons. The van der Waals surface area contributed by atoms with E-state index in [0.717, 1.165) is 23.4 Å². The highest BCUT2D eigenvalue weighted by Crippen LogP contribution is 2.17. The fourth-order valence-electron chi connectivity index (χ4n) is 2.72. The Morgan fingerprint density at radius 2 is 1.55 bits per heavy atom. The normalized spacial score (nSPS) is 11.0. The Bertz CT molecular complexity index is 421. The second-order valence-corrected chi connectivity index (χ2v) is 5.82. The SMILES string of the molecule is CCCCCCCCCCC(=O)c1c(C)nn(C)c1C. The van der Waals surface area contributed by atoms with Crippen LogP contribution in [0.15, 0.2) is 0 Å². The lowest BCUT2D eigenvalue weighted by atomic mass is 10.0. The van der Waals surface area contributed by atoms with E-state index in [4.69, 9.17) is 0 Å². The molecule has 1 rings (SSSR count). The van der Waals surface area contributed by atoms with Gasteiger partial charge in [0.2, 0.25) is 0 Å². The lowest BCUT2D eigenvalue weighted by molar-refractivity contribution is 0.0978. The van der Waals surface area contributed by atoms with E-state index >= 15 is 0 Å². The van der Waals surface area contributed by atoms with Gasteiger partial charge in [-0.1, -0.05) is 51.9 Å². The molecule has 0 saturated heterocycles. The minimum absolute atomic E-state index is 0.263. The Hall–Kier alpha value is -1.12. The molecular formula is C17H30N2O. The molecule has 0 atom stereocenters. The van der Waals surface area contributed by atoms with Gasteiger partial charge in [-0.15, -0.1) is 0 Å². The minimum Gasteiger partial charge on any atom is -0.294 e. The number of carbonyl (C=O) groups is 1. The van der Waals surface area contributed by atoms with E-state index in [9.17, 15) is 4.79 Å². The summed E-state index contributed by atoms with van der Waals surface area (Å²) >= 11 is 0. The molecular weight excluding hydrogens is 248 g/mol. The third kappa shape index (κ3) is 5.10. The molecule has 1 aromatic heterocycles. The van der Waals surface area contributed by atoms with Gasteiger partial charge in [0.1, 0.15) is 0 Å². The maximum absolute atomic E-state index is 12.2. The van der Waals surface area contributed by atoms with Gasteiger partial charge in [0, 0.05) is 19.2 Å². The van der Waals surface area contributed by atoms with Crippen LogP contribution in [0.3, 0.4) is 0 Å². The lowest BCUT2D eigenvalue weighted by Crippen LogP contribution is -2.03. The van der Waals surface area contributed by atoms with Crippen molar-refractivity contribution in [1.82, 2.24) is 9.78 Å². The molecule has 0 bridgehead atoms. The zero-order valence-electron chi connectivity index (χ0n) is 13.7. The predicted molar refractivity (Wildman–Crippen MR) is 84.2 cm³/mol. The summed E-state index contributed by atoms with van der Waals surface area (Å²) in [5.74, 6) is 0.263. The molecule has 0 N–H and O–H groups in total. The summed E-state index contributed by atoms with van der Waals surface area (Å²) in [6.07, 6.45) is 10.8. The van der Waals surface area contributed by atoms with E-state index in [2.05, 4.69) is 12.0 Å². The molecule has 0 unspecified atom stereocenters. The number of aryl methyl sites for hydroxylation is 2. The van der Waals surface area contributed by atoms with Gasteiger partial charge in [-0.25, -0.2) is 0 Å². The number of hydrogen-bond acceptors (Lipinski definition) is 2. The molecule has 0 amide bonds. The van der Waals surface area contributed by atoms with E-state index < -0.39 is 0 Å². The zero-order chi connectivity index (χ0) is 15.0. The van der Waals surface area contributed by atoms with Gasteiger partial charge in [0.05, 0.1) is 11.3 Å². The van der Waals surface area contributed by atoms with Gasteiger partial charge < -0.3 is 0 Å². The second kappa shape index (κ2) is 8.93. The number of rotatable bonds is 10. The van der Waals surface area contributed by atoms with Crippen molar-refractivity contribution >= 4 is 5.78 Å². The fraction of sp³-hybridized carbons (Fsp3) is 0.765. The molecule has 0 aliphatic rings. The maximum Gasteiger partial charge on any atom is 0.166 e. The van der Waals surface area contributed by atoms with Crippen LogP contribution in [-0.4, -0.2) is 15.6 Å². The summed E-state index contributed by atoms with van der Waals surface area (Å²) in [6, 6.07) is 0. The van der Waals surface area contributed by atoms with Crippen LogP contribution in [0.25, 0.3) is 0 Å². The smallest absolute Gasteiger partial charge is 0.166 e. The summed E-state index contributed by atoms with van der Waals surface area (Å²) < 4.78 is 1.80. The standard InChI is InChI=1S/C17H30N2O/c1-5-6-7-8-9-10-11-12-13-16(20)17-14(2)18-19(4)15(17)3/h5-13H2,1-4H3. The first-order valence-electron chi connectivity index (χ1n) is 8.11. The number of ketones is 1. The first-order chi connectivity index (χ1) is 9.57. The Morgan fingerprint density at radius 1 is 1.00 bits per heavy atom. The summed E-state index contributed by atoms with van der Waals surface area (Å²) in [6.45, 7) is 6.14. The van der Waals surface area contributed by atoms with Crippen molar-refractivity contribution in [3.63, 3.8) is 0 Å². The Labute approximate surface area is 123 Å². The fourth-order valence-corrected chi connectivity index (χ4v) is 2.72. The summed E-state index contributed by atoms with van der Waals surface area (Å²) in [7, 11) is 1.90. The number of nitrogens with zero attached hydrogens (tertiary/aromatic N) is 2. The summed E-state index contributed by atoms with van der Waals surface area (Å²) in [5, 5.41) is 4.31. The third-order valence-corrected chi connectivity index (χ3v) is 4.05. The summed E-state index contributed by atoms with van der Waals surface area (Å²) in [5.41, 5.74) is 2.71. The van der Waals surface area contributed by atoms with Gasteiger partial charge >= 0.3 is 0 Å². The van der Waals surface area contributed by atoms with Crippen molar-refractivity contribution in [2.75, 3.05) is 0 Å². The van der Waals surface area contributed by atoms with Crippen LogP contribution >= 0.6 is 0 Å². The van der Waals surface area contributed by atoms with E-state index in [1.165, 1.54) is 44.9 Å². The van der Waals surface area contributed by atoms with Crippen molar-refractivity contribution in [3.8, 4) is 0 Å². The number of hydrogen-bond donors (Lipinski definition) is 0. The number of aromatic nitrogens is 2. The molecule has 1 aromatic rings. The van der Waals surface area contributed by atoms with Gasteiger partial charge in [0.15, 0.2) is 5.78 Å². The van der Waals surface area contributed by atoms with Crippen LogP contribution in [0.1, 0.15) is 86.5 Å². The monoisotopic (exact) mass is 278 g/mol. The van der Waals surface area contributed by atoms with Crippen LogP contribution < -0.4 is 0 Å². The Balaban J connectivity index is 2.20. The Kier molecular flexibility index (Phi) is 7.56. The average Bonchev–Trinajstić information content (AvgIpc) is 2.66. The predicted octanol–water partition coefficient (Wildman–Crippen LogP) is 4.75. The number of Topliss-reactive ketones (excluding diaryl/α,β-unsaturated/α-hetero) is 1. The highest BCUT2D eigenvalue weighted by molar-refractivity contribution is 5.98. The highest BCUT2D eigenvalue weighted by Gasteiger charge is 2.16. The van der Waals surface area contributed by atoms with Crippen molar-refractivity contribution in [1.29, 1.82) is 0 Å². The van der Waals surface area contributed by atoms with Crippen LogP contribution in [-0.2, 0) is 7.05 Å². The lowest BCUT2D eigenvalue weighted by Gasteiger charge is -2.03. The van der Waals surface area contributed by atoms with Gasteiger partial charge in [-0.05, 0) is 20.3 Å². The van der Waals surface area contributed by atoms with Crippen molar-refractivity contribution in [2.24, 2.45) is 7.05 Å². The second-order valence-electron chi connectivity index (χ2n) is 5.82. The van der Waals surface area contributed by atoms with E-state index in [1.54, 1.807) is 4.68 Å². The molecule has 0 aliphatic heterocycles. The molecule has 1 heterocycles. The minimum atomic E-state index is 0.263. The molecule has 20 heavy (non-hydrogen) atoms. The number of carbonyl (C=O) groups excluding carboxylic acids is 1. The molecule has 0 radical (unpaired) electrons. The first-order valence-corrected chi connectivity index (χ1v) is 8.11. The highest BCUT2D eigenvalue weighted by atomic mass is 16.1. The topological polar surface area (TPSA) is 34.9 Å². The molecule has 3 nitrogen and oxygen atoms in total.